The summed E-state index contributed by atoms with van der Waals surface area (Å²) >= 11 is 0. The quantitative estimate of drug-likeness (QED) is 0.788. The molecule has 5 heteroatoms. The summed E-state index contributed by atoms with van der Waals surface area (Å²) < 4.78 is 1.96. The monoisotopic (exact) mass is 266 g/mol. The second-order valence-electron chi connectivity index (χ2n) is 4.62. The smallest absolute Gasteiger partial charge is 0.275 e. The molecule has 0 bridgehead atoms. The number of rotatable bonds is 3. The van der Waals surface area contributed by atoms with Crippen molar-refractivity contribution in [3.05, 3.63) is 70.4 Å². The van der Waals surface area contributed by atoms with Crippen LogP contribution in [0, 0.1) is 6.92 Å². The predicted molar refractivity (Wildman–Crippen MR) is 76.4 cm³/mol. The Labute approximate surface area is 115 Å². The molecule has 0 atom stereocenters. The molecule has 100 valence electrons. The SMILES string of the molecule is Cc1cc(-c2nccn2Cc2ccccc2)c(=O)[nH]n1. The first-order valence-electron chi connectivity index (χ1n) is 6.36. The number of nitrogens with zero attached hydrogens (tertiary/aromatic N) is 3. The number of imidazole rings is 1. The van der Waals surface area contributed by atoms with Crippen molar-refractivity contribution in [2.45, 2.75) is 13.5 Å². The van der Waals surface area contributed by atoms with Crippen LogP contribution in [0.4, 0.5) is 0 Å². The molecule has 0 saturated carbocycles. The zero-order chi connectivity index (χ0) is 13.9. The zero-order valence-corrected chi connectivity index (χ0v) is 11.1. The van der Waals surface area contributed by atoms with Gasteiger partial charge in [0.2, 0.25) is 0 Å². The summed E-state index contributed by atoms with van der Waals surface area (Å²) in [6, 6.07) is 11.8. The maximum atomic E-state index is 11.9. The summed E-state index contributed by atoms with van der Waals surface area (Å²) in [6.07, 6.45) is 3.57. The van der Waals surface area contributed by atoms with E-state index in [1.807, 2.05) is 48.0 Å². The van der Waals surface area contributed by atoms with Gasteiger partial charge in [-0.05, 0) is 18.6 Å². The fourth-order valence-electron chi connectivity index (χ4n) is 2.13. The number of H-pyrrole nitrogens is 1. The Hall–Kier alpha value is -2.69. The van der Waals surface area contributed by atoms with Gasteiger partial charge >= 0.3 is 0 Å². The summed E-state index contributed by atoms with van der Waals surface area (Å²) in [5.74, 6) is 0.653. The predicted octanol–water partition coefficient (Wildman–Crippen LogP) is 1.99. The van der Waals surface area contributed by atoms with Crippen LogP contribution >= 0.6 is 0 Å². The maximum absolute atomic E-state index is 11.9. The third kappa shape index (κ3) is 2.38. The number of hydrogen-bond acceptors (Lipinski definition) is 3. The van der Waals surface area contributed by atoms with Crippen LogP contribution < -0.4 is 5.56 Å². The Kier molecular flexibility index (Phi) is 3.16. The summed E-state index contributed by atoms with van der Waals surface area (Å²) in [7, 11) is 0. The summed E-state index contributed by atoms with van der Waals surface area (Å²) in [5, 5.41) is 6.38. The van der Waals surface area contributed by atoms with Gasteiger partial charge in [-0.1, -0.05) is 30.3 Å². The van der Waals surface area contributed by atoms with Gasteiger partial charge in [0.15, 0.2) is 0 Å². The van der Waals surface area contributed by atoms with Crippen LogP contribution in [0.3, 0.4) is 0 Å². The zero-order valence-electron chi connectivity index (χ0n) is 11.1. The molecule has 0 spiro atoms. The second-order valence-corrected chi connectivity index (χ2v) is 4.62. The molecule has 5 nitrogen and oxygen atoms in total. The van der Waals surface area contributed by atoms with Crippen LogP contribution in [0.5, 0.6) is 0 Å². The van der Waals surface area contributed by atoms with Crippen molar-refractivity contribution >= 4 is 0 Å². The molecule has 0 aliphatic rings. The lowest BCUT2D eigenvalue weighted by atomic mass is 10.2. The highest BCUT2D eigenvalue weighted by Gasteiger charge is 2.11. The number of aromatic amines is 1. The molecule has 0 radical (unpaired) electrons. The van der Waals surface area contributed by atoms with E-state index in [1.54, 1.807) is 12.3 Å². The van der Waals surface area contributed by atoms with Gasteiger partial charge in [-0.15, -0.1) is 0 Å². The third-order valence-electron chi connectivity index (χ3n) is 3.08. The van der Waals surface area contributed by atoms with E-state index in [-0.39, 0.29) is 5.56 Å². The van der Waals surface area contributed by atoms with E-state index < -0.39 is 0 Å². The minimum absolute atomic E-state index is 0.226. The lowest BCUT2D eigenvalue weighted by molar-refractivity contribution is 0.802. The van der Waals surface area contributed by atoms with E-state index in [4.69, 9.17) is 0 Å². The lowest BCUT2D eigenvalue weighted by Gasteiger charge is -2.07. The van der Waals surface area contributed by atoms with Crippen LogP contribution in [0.25, 0.3) is 11.4 Å². The van der Waals surface area contributed by atoms with Gasteiger partial charge in [-0.3, -0.25) is 4.79 Å². The van der Waals surface area contributed by atoms with E-state index in [1.165, 1.54) is 0 Å². The molecule has 3 rings (SSSR count). The molecule has 0 aliphatic heterocycles. The van der Waals surface area contributed by atoms with Gasteiger partial charge in [0.25, 0.3) is 5.56 Å². The topological polar surface area (TPSA) is 63.6 Å². The van der Waals surface area contributed by atoms with E-state index in [2.05, 4.69) is 15.2 Å². The first-order chi connectivity index (χ1) is 9.74. The first kappa shape index (κ1) is 12.3. The van der Waals surface area contributed by atoms with E-state index >= 15 is 0 Å². The Balaban J connectivity index is 2.02. The number of benzene rings is 1. The van der Waals surface area contributed by atoms with E-state index in [9.17, 15) is 4.79 Å². The number of nitrogens with one attached hydrogen (secondary N) is 1. The van der Waals surface area contributed by atoms with Crippen molar-refractivity contribution in [1.82, 2.24) is 19.7 Å². The van der Waals surface area contributed by atoms with Crippen molar-refractivity contribution < 1.29 is 0 Å². The highest BCUT2D eigenvalue weighted by molar-refractivity contribution is 5.54. The molecule has 1 N–H and O–H groups in total. The molecular formula is C15H14N4O. The Morgan fingerprint density at radius 2 is 2.05 bits per heavy atom. The molecule has 0 fully saturated rings. The second kappa shape index (κ2) is 5.13. The van der Waals surface area contributed by atoms with Gasteiger partial charge in [-0.25, -0.2) is 10.1 Å². The Morgan fingerprint density at radius 1 is 1.25 bits per heavy atom. The molecular weight excluding hydrogens is 252 g/mol. The van der Waals surface area contributed by atoms with Crippen molar-refractivity contribution in [1.29, 1.82) is 0 Å². The first-order valence-corrected chi connectivity index (χ1v) is 6.36. The van der Waals surface area contributed by atoms with E-state index in [0.29, 0.717) is 17.9 Å². The number of aryl methyl sites for hydroxylation is 1. The highest BCUT2D eigenvalue weighted by Crippen LogP contribution is 2.15. The maximum Gasteiger partial charge on any atom is 0.275 e. The normalized spacial score (nSPS) is 10.7. The summed E-state index contributed by atoms with van der Waals surface area (Å²) in [5.41, 5.74) is 2.23. The average molecular weight is 266 g/mol. The van der Waals surface area contributed by atoms with Crippen LogP contribution in [-0.4, -0.2) is 19.7 Å². The van der Waals surface area contributed by atoms with Gasteiger partial charge in [-0.2, -0.15) is 5.10 Å². The van der Waals surface area contributed by atoms with Crippen LogP contribution in [0.2, 0.25) is 0 Å². The number of hydrogen-bond donors (Lipinski definition) is 1. The van der Waals surface area contributed by atoms with E-state index in [0.717, 1.165) is 11.3 Å². The molecule has 3 aromatic rings. The molecule has 2 heterocycles. The third-order valence-corrected chi connectivity index (χ3v) is 3.08. The van der Waals surface area contributed by atoms with Gasteiger partial charge < -0.3 is 4.57 Å². The molecule has 0 saturated heterocycles. The van der Waals surface area contributed by atoms with Gasteiger partial charge in [0.05, 0.1) is 11.3 Å². The van der Waals surface area contributed by atoms with Crippen LogP contribution in [0.1, 0.15) is 11.3 Å². The molecule has 20 heavy (non-hydrogen) atoms. The fraction of sp³-hybridized carbons (Fsp3) is 0.133. The molecule has 0 amide bonds. The summed E-state index contributed by atoms with van der Waals surface area (Å²) in [4.78, 5) is 16.2. The van der Waals surface area contributed by atoms with Gasteiger partial charge in [0, 0.05) is 18.9 Å². The highest BCUT2D eigenvalue weighted by atomic mass is 16.1. The number of aromatic nitrogens is 4. The molecule has 1 aromatic carbocycles. The standard InChI is InChI=1S/C15H14N4O/c1-11-9-13(15(20)18-17-11)14-16-7-8-19(14)10-12-5-3-2-4-6-12/h2-9H,10H2,1H3,(H,18,20). The largest absolute Gasteiger partial charge is 0.326 e. The van der Waals surface area contributed by atoms with Crippen molar-refractivity contribution in [2.75, 3.05) is 0 Å². The van der Waals surface area contributed by atoms with Crippen molar-refractivity contribution in [3.8, 4) is 11.4 Å². The minimum Gasteiger partial charge on any atom is -0.326 e. The van der Waals surface area contributed by atoms with Crippen molar-refractivity contribution in [2.24, 2.45) is 0 Å². The van der Waals surface area contributed by atoms with Crippen molar-refractivity contribution in [3.63, 3.8) is 0 Å². The van der Waals surface area contributed by atoms with Crippen LogP contribution in [0.15, 0.2) is 53.6 Å². The summed E-state index contributed by atoms with van der Waals surface area (Å²) in [6.45, 7) is 2.51. The average Bonchev–Trinajstić information content (AvgIpc) is 2.91. The Bertz CT molecular complexity index is 774. The molecule has 0 aliphatic carbocycles. The minimum atomic E-state index is -0.226. The molecule has 0 unspecified atom stereocenters. The van der Waals surface area contributed by atoms with Gasteiger partial charge in [0.1, 0.15) is 5.82 Å². The van der Waals surface area contributed by atoms with Crippen LogP contribution in [-0.2, 0) is 6.54 Å². The fourth-order valence-corrected chi connectivity index (χ4v) is 2.13. The Morgan fingerprint density at radius 3 is 2.85 bits per heavy atom. The molecule has 2 aromatic heterocycles. The lowest BCUT2D eigenvalue weighted by Crippen LogP contribution is -2.14.